The van der Waals surface area contributed by atoms with Gasteiger partial charge in [-0.05, 0) is 51.1 Å². The Morgan fingerprint density at radius 3 is 2.50 bits per heavy atom. The summed E-state index contributed by atoms with van der Waals surface area (Å²) in [5.41, 5.74) is 6.14. The fourth-order valence-electron chi connectivity index (χ4n) is 2.21. The Morgan fingerprint density at radius 1 is 1.39 bits per heavy atom. The van der Waals surface area contributed by atoms with Crippen LogP contribution in [0.4, 0.5) is 0 Å². The van der Waals surface area contributed by atoms with E-state index in [0.717, 1.165) is 12.3 Å². The Morgan fingerprint density at radius 2 is 2.06 bits per heavy atom. The lowest BCUT2D eigenvalue weighted by molar-refractivity contribution is 0.0879. The fourth-order valence-corrected chi connectivity index (χ4v) is 3.04. The smallest absolute Gasteiger partial charge is 0.0416 e. The Balaban J connectivity index is 2.74. The highest BCUT2D eigenvalue weighted by Gasteiger charge is 2.31. The van der Waals surface area contributed by atoms with Crippen LogP contribution >= 0.6 is 11.3 Å². The van der Waals surface area contributed by atoms with Crippen LogP contribution < -0.4 is 5.73 Å². The normalized spacial score (nSPS) is 17.1. The van der Waals surface area contributed by atoms with Crippen molar-refractivity contribution in [2.75, 3.05) is 13.6 Å². The van der Waals surface area contributed by atoms with Crippen LogP contribution in [0, 0.1) is 5.92 Å². The molecule has 0 saturated carbocycles. The van der Waals surface area contributed by atoms with Crippen molar-refractivity contribution in [3.8, 4) is 0 Å². The number of likely N-dealkylation sites (N-methyl/N-ethyl adjacent to an activating group) is 1. The molecule has 1 aromatic heterocycles. The summed E-state index contributed by atoms with van der Waals surface area (Å²) < 4.78 is 0. The highest BCUT2D eigenvalue weighted by atomic mass is 32.1. The Labute approximate surface area is 116 Å². The first-order valence-corrected chi connectivity index (χ1v) is 7.75. The fraction of sp³-hybridized carbons (Fsp3) is 0.733. The van der Waals surface area contributed by atoms with Gasteiger partial charge in [0.25, 0.3) is 0 Å². The molecule has 0 aromatic carbocycles. The second-order valence-corrected chi connectivity index (χ2v) is 6.92. The van der Waals surface area contributed by atoms with Gasteiger partial charge in [-0.25, -0.2) is 0 Å². The minimum Gasteiger partial charge on any atom is -0.329 e. The molecule has 0 aliphatic heterocycles. The predicted octanol–water partition coefficient (Wildman–Crippen LogP) is 3.89. The maximum Gasteiger partial charge on any atom is 0.0416 e. The molecule has 2 unspecified atom stereocenters. The molecule has 1 rings (SSSR count). The predicted molar refractivity (Wildman–Crippen MR) is 82.0 cm³/mol. The van der Waals surface area contributed by atoms with Crippen molar-refractivity contribution in [2.45, 2.75) is 52.1 Å². The van der Waals surface area contributed by atoms with E-state index >= 15 is 0 Å². The van der Waals surface area contributed by atoms with Crippen LogP contribution in [-0.2, 0) is 0 Å². The molecular weight excluding hydrogens is 240 g/mol. The second kappa shape index (κ2) is 6.69. The molecule has 1 aromatic rings. The molecule has 1 heterocycles. The summed E-state index contributed by atoms with van der Waals surface area (Å²) in [5, 5.41) is 2.15. The topological polar surface area (TPSA) is 29.3 Å². The molecule has 2 atom stereocenters. The summed E-state index contributed by atoms with van der Waals surface area (Å²) in [7, 11) is 2.21. The zero-order valence-electron chi connectivity index (χ0n) is 12.4. The standard InChI is InChI=1S/C15H28N2S/c1-12(2)8-9-15(4,11-16)17(5)13(3)14-7-6-10-18-14/h6-7,10,12-13H,8-9,11,16H2,1-5H3. The van der Waals surface area contributed by atoms with Crippen LogP contribution in [0.2, 0.25) is 0 Å². The molecule has 18 heavy (non-hydrogen) atoms. The Bertz CT molecular complexity index is 334. The highest BCUT2D eigenvalue weighted by Crippen LogP contribution is 2.31. The monoisotopic (exact) mass is 268 g/mol. The number of rotatable bonds is 7. The summed E-state index contributed by atoms with van der Waals surface area (Å²) in [6.45, 7) is 9.83. The maximum absolute atomic E-state index is 6.05. The van der Waals surface area contributed by atoms with E-state index in [1.54, 1.807) is 0 Å². The molecule has 3 heteroatoms. The van der Waals surface area contributed by atoms with Gasteiger partial charge in [0.1, 0.15) is 0 Å². The molecule has 0 radical (unpaired) electrons. The third-order valence-corrected chi connectivity index (χ3v) is 5.13. The Hall–Kier alpha value is -0.380. The molecule has 0 fully saturated rings. The summed E-state index contributed by atoms with van der Waals surface area (Å²) in [4.78, 5) is 3.86. The van der Waals surface area contributed by atoms with Gasteiger partial charge in [0.15, 0.2) is 0 Å². The number of nitrogens with zero attached hydrogens (tertiary/aromatic N) is 1. The third kappa shape index (κ3) is 3.81. The van der Waals surface area contributed by atoms with Crippen LogP contribution in [0.3, 0.4) is 0 Å². The molecule has 0 aliphatic rings. The molecular formula is C15H28N2S. The molecule has 0 aliphatic carbocycles. The van der Waals surface area contributed by atoms with Gasteiger partial charge in [-0.3, -0.25) is 4.90 Å². The van der Waals surface area contributed by atoms with E-state index in [0.29, 0.717) is 12.6 Å². The van der Waals surface area contributed by atoms with Gasteiger partial charge >= 0.3 is 0 Å². The van der Waals surface area contributed by atoms with Crippen molar-refractivity contribution in [2.24, 2.45) is 11.7 Å². The summed E-state index contributed by atoms with van der Waals surface area (Å²) in [5.74, 6) is 0.737. The van der Waals surface area contributed by atoms with E-state index in [2.05, 4.69) is 57.2 Å². The summed E-state index contributed by atoms with van der Waals surface area (Å²) in [6, 6.07) is 4.77. The number of thiophene rings is 1. The van der Waals surface area contributed by atoms with Crippen molar-refractivity contribution in [3.63, 3.8) is 0 Å². The highest BCUT2D eigenvalue weighted by molar-refractivity contribution is 7.10. The lowest BCUT2D eigenvalue weighted by Crippen LogP contribution is -2.50. The molecule has 2 N–H and O–H groups in total. The number of nitrogens with two attached hydrogens (primary N) is 1. The average Bonchev–Trinajstić information content (AvgIpc) is 2.87. The van der Waals surface area contributed by atoms with Crippen LogP contribution in [0.15, 0.2) is 17.5 Å². The van der Waals surface area contributed by atoms with Crippen LogP contribution in [0.5, 0.6) is 0 Å². The quantitative estimate of drug-likeness (QED) is 0.813. The minimum atomic E-state index is 0.0909. The van der Waals surface area contributed by atoms with E-state index in [4.69, 9.17) is 5.73 Å². The molecule has 104 valence electrons. The summed E-state index contributed by atoms with van der Waals surface area (Å²) in [6.07, 6.45) is 2.39. The minimum absolute atomic E-state index is 0.0909. The van der Waals surface area contributed by atoms with Crippen molar-refractivity contribution >= 4 is 11.3 Å². The lowest BCUT2D eigenvalue weighted by Gasteiger charge is -2.42. The first-order valence-electron chi connectivity index (χ1n) is 6.87. The number of hydrogen-bond donors (Lipinski definition) is 1. The number of hydrogen-bond acceptors (Lipinski definition) is 3. The second-order valence-electron chi connectivity index (χ2n) is 5.94. The van der Waals surface area contributed by atoms with E-state index in [1.807, 2.05) is 11.3 Å². The van der Waals surface area contributed by atoms with E-state index < -0.39 is 0 Å². The third-order valence-electron chi connectivity index (χ3n) is 4.09. The van der Waals surface area contributed by atoms with Crippen LogP contribution in [0.1, 0.15) is 51.5 Å². The van der Waals surface area contributed by atoms with Crippen molar-refractivity contribution in [3.05, 3.63) is 22.4 Å². The average molecular weight is 268 g/mol. The molecule has 0 spiro atoms. The maximum atomic E-state index is 6.05. The van der Waals surface area contributed by atoms with Gasteiger partial charge in [0.05, 0.1) is 0 Å². The SMILES string of the molecule is CC(C)CCC(C)(CN)N(C)C(C)c1cccs1. The lowest BCUT2D eigenvalue weighted by atomic mass is 9.89. The van der Waals surface area contributed by atoms with Gasteiger partial charge < -0.3 is 5.73 Å². The zero-order valence-corrected chi connectivity index (χ0v) is 13.3. The zero-order chi connectivity index (χ0) is 13.8. The van der Waals surface area contributed by atoms with Crippen LogP contribution in [0.25, 0.3) is 0 Å². The van der Waals surface area contributed by atoms with Crippen molar-refractivity contribution in [1.82, 2.24) is 4.90 Å². The van der Waals surface area contributed by atoms with Gasteiger partial charge in [0.2, 0.25) is 0 Å². The first kappa shape index (κ1) is 15.7. The van der Waals surface area contributed by atoms with Gasteiger partial charge in [-0.2, -0.15) is 0 Å². The van der Waals surface area contributed by atoms with Crippen molar-refractivity contribution in [1.29, 1.82) is 0 Å². The van der Waals surface area contributed by atoms with Gasteiger partial charge in [-0.15, -0.1) is 11.3 Å². The first-order chi connectivity index (χ1) is 8.40. The van der Waals surface area contributed by atoms with Crippen molar-refractivity contribution < 1.29 is 0 Å². The van der Waals surface area contributed by atoms with Crippen LogP contribution in [-0.4, -0.2) is 24.0 Å². The van der Waals surface area contributed by atoms with Gasteiger partial charge in [-0.1, -0.05) is 19.9 Å². The van der Waals surface area contributed by atoms with Gasteiger partial charge in [0, 0.05) is 23.0 Å². The molecule has 0 saturated heterocycles. The van der Waals surface area contributed by atoms with E-state index in [9.17, 15) is 0 Å². The Kier molecular flexibility index (Phi) is 5.83. The van der Waals surface area contributed by atoms with E-state index in [1.165, 1.54) is 11.3 Å². The molecule has 0 bridgehead atoms. The van der Waals surface area contributed by atoms with E-state index in [-0.39, 0.29) is 5.54 Å². The molecule has 2 nitrogen and oxygen atoms in total. The summed E-state index contributed by atoms with van der Waals surface area (Å²) >= 11 is 1.83. The molecule has 0 amide bonds. The largest absolute Gasteiger partial charge is 0.329 e.